The summed E-state index contributed by atoms with van der Waals surface area (Å²) in [4.78, 5) is 26.4. The van der Waals surface area contributed by atoms with Crippen molar-refractivity contribution < 1.29 is 22.7 Å². The smallest absolute Gasteiger partial charge is 0.314 e. The maximum Gasteiger partial charge on any atom is 0.314 e. The topological polar surface area (TPSA) is 80.8 Å². The van der Waals surface area contributed by atoms with Gasteiger partial charge in [0.1, 0.15) is 0 Å². The van der Waals surface area contributed by atoms with Gasteiger partial charge in [-0.3, -0.25) is 9.59 Å². The predicted molar refractivity (Wildman–Crippen MR) is 123 cm³/mol. The molecule has 2 atom stereocenters. The van der Waals surface area contributed by atoms with Gasteiger partial charge in [0, 0.05) is 0 Å². The molecule has 0 radical (unpaired) electrons. The Bertz CT molecular complexity index is 1130. The first-order chi connectivity index (χ1) is 15.3. The number of aryl methyl sites for hydroxylation is 1. The molecule has 0 unspecified atom stereocenters. The molecule has 0 spiro atoms. The van der Waals surface area contributed by atoms with Crippen LogP contribution in [0.15, 0.2) is 77.7 Å². The number of hydrogen-bond acceptors (Lipinski definition) is 5. The van der Waals surface area contributed by atoms with E-state index in [-0.39, 0.29) is 17.2 Å². The van der Waals surface area contributed by atoms with Crippen LogP contribution in [0.4, 0.5) is 0 Å². The third-order valence-corrected chi connectivity index (χ3v) is 6.92. The molecule has 0 N–H and O–H groups in total. The van der Waals surface area contributed by atoms with Gasteiger partial charge in [0.05, 0.1) is 29.0 Å². The molecule has 1 amide bonds. The Morgan fingerprint density at radius 1 is 1.06 bits per heavy atom. The van der Waals surface area contributed by atoms with Gasteiger partial charge in [0.25, 0.3) is 10.0 Å². The minimum Gasteiger partial charge on any atom is -0.466 e. The molecular weight excluding hydrogens is 426 g/mol. The van der Waals surface area contributed by atoms with E-state index in [0.717, 1.165) is 9.87 Å². The number of benzene rings is 2. The molecule has 0 saturated carbocycles. The van der Waals surface area contributed by atoms with E-state index in [1.807, 2.05) is 13.8 Å². The highest BCUT2D eigenvalue weighted by Crippen LogP contribution is 2.37. The van der Waals surface area contributed by atoms with Crippen molar-refractivity contribution in [2.45, 2.75) is 32.1 Å². The van der Waals surface area contributed by atoms with Gasteiger partial charge in [-0.05, 0) is 44.0 Å². The molecule has 1 heterocycles. The van der Waals surface area contributed by atoms with Crippen LogP contribution in [0.1, 0.15) is 31.4 Å². The largest absolute Gasteiger partial charge is 0.466 e. The van der Waals surface area contributed by atoms with E-state index in [4.69, 9.17) is 4.74 Å². The molecule has 2 aromatic carbocycles. The molecule has 2 aromatic rings. The highest BCUT2D eigenvalue weighted by Gasteiger charge is 2.45. The van der Waals surface area contributed by atoms with Crippen molar-refractivity contribution in [3.63, 3.8) is 0 Å². The molecular formula is C25H27NO5S. The Kier molecular flexibility index (Phi) is 7.30. The quantitative estimate of drug-likeness (QED) is 0.460. The predicted octanol–water partition coefficient (Wildman–Crippen LogP) is 4.33. The van der Waals surface area contributed by atoms with Crippen LogP contribution in [0.25, 0.3) is 5.70 Å². The van der Waals surface area contributed by atoms with Crippen molar-refractivity contribution in [3.8, 4) is 0 Å². The summed E-state index contributed by atoms with van der Waals surface area (Å²) in [5.41, 5.74) is 1.57. The van der Waals surface area contributed by atoms with Crippen LogP contribution in [0, 0.1) is 18.8 Å². The number of sulfonamides is 1. The number of hydrogen-bond donors (Lipinski definition) is 0. The fraction of sp³-hybridized carbons (Fsp3) is 0.280. The van der Waals surface area contributed by atoms with Crippen molar-refractivity contribution in [2.24, 2.45) is 11.8 Å². The Hall–Kier alpha value is -3.19. The lowest BCUT2D eigenvalue weighted by Gasteiger charge is -2.35. The Labute approximate surface area is 189 Å². The lowest BCUT2D eigenvalue weighted by atomic mass is 9.86. The Balaban J connectivity index is 2.23. The number of allylic oxidation sites excluding steroid dienone is 1. The van der Waals surface area contributed by atoms with Crippen molar-refractivity contribution in [2.75, 3.05) is 6.61 Å². The maximum atomic E-state index is 13.7. The van der Waals surface area contributed by atoms with Gasteiger partial charge >= 0.3 is 5.97 Å². The summed E-state index contributed by atoms with van der Waals surface area (Å²) in [6.07, 6.45) is 5.52. The zero-order valence-electron chi connectivity index (χ0n) is 18.4. The standard InChI is InChI=1S/C25H27NO5S/c1-4-6-12-21-22(25(28)31-5-2)17-23(19-10-8-7-9-11-19)26(24(21)27)32(29,30)20-15-13-18(3)14-16-20/h6-17,21-22H,4-5H2,1-3H3/b12-6+/t21-,22+/m1/s1. The molecule has 3 rings (SSSR count). The molecule has 0 aliphatic carbocycles. The van der Waals surface area contributed by atoms with E-state index in [2.05, 4.69) is 0 Å². The van der Waals surface area contributed by atoms with Crippen molar-refractivity contribution in [3.05, 3.63) is 84.0 Å². The summed E-state index contributed by atoms with van der Waals surface area (Å²) in [5.74, 6) is -3.16. The van der Waals surface area contributed by atoms with Crippen molar-refractivity contribution in [1.82, 2.24) is 4.31 Å². The molecule has 168 valence electrons. The van der Waals surface area contributed by atoms with Crippen LogP contribution in [0.2, 0.25) is 0 Å². The van der Waals surface area contributed by atoms with Gasteiger partial charge in [-0.25, -0.2) is 12.7 Å². The normalized spacial score (nSPS) is 19.2. The van der Waals surface area contributed by atoms with E-state index in [1.165, 1.54) is 18.2 Å². The van der Waals surface area contributed by atoms with Crippen molar-refractivity contribution in [1.29, 1.82) is 0 Å². The number of esters is 1. The molecule has 7 heteroatoms. The second-order valence-corrected chi connectivity index (χ2v) is 9.27. The molecule has 0 fully saturated rings. The average molecular weight is 454 g/mol. The third-order valence-electron chi connectivity index (χ3n) is 5.20. The zero-order valence-corrected chi connectivity index (χ0v) is 19.2. The summed E-state index contributed by atoms with van der Waals surface area (Å²) < 4.78 is 33.3. The molecule has 0 saturated heterocycles. The van der Waals surface area contributed by atoms with Crippen LogP contribution in [-0.4, -0.2) is 31.2 Å². The summed E-state index contributed by atoms with van der Waals surface area (Å²) in [6, 6.07) is 15.0. The highest BCUT2D eigenvalue weighted by molar-refractivity contribution is 7.90. The van der Waals surface area contributed by atoms with Gasteiger partial charge in [-0.15, -0.1) is 0 Å². The maximum absolute atomic E-state index is 13.7. The third kappa shape index (κ3) is 4.67. The number of carbonyl (C=O) groups excluding carboxylic acids is 2. The summed E-state index contributed by atoms with van der Waals surface area (Å²) in [6.45, 7) is 5.60. The summed E-state index contributed by atoms with van der Waals surface area (Å²) >= 11 is 0. The number of carbonyl (C=O) groups is 2. The second kappa shape index (κ2) is 9.96. The van der Waals surface area contributed by atoms with Crippen LogP contribution < -0.4 is 0 Å². The average Bonchev–Trinajstić information content (AvgIpc) is 2.78. The SMILES string of the molecule is CC/C=C/[C@H]1C(=O)N(S(=O)(=O)c2ccc(C)cc2)C(c2ccccc2)=C[C@@H]1C(=O)OCC. The van der Waals surface area contributed by atoms with Crippen LogP contribution in [0.5, 0.6) is 0 Å². The lowest BCUT2D eigenvalue weighted by molar-refractivity contribution is -0.150. The van der Waals surface area contributed by atoms with E-state index >= 15 is 0 Å². The molecule has 1 aliphatic heterocycles. The number of ether oxygens (including phenoxy) is 1. The summed E-state index contributed by atoms with van der Waals surface area (Å²) in [5, 5.41) is 0. The monoisotopic (exact) mass is 453 g/mol. The number of nitrogens with zero attached hydrogens (tertiary/aromatic N) is 1. The Morgan fingerprint density at radius 2 is 1.72 bits per heavy atom. The van der Waals surface area contributed by atoms with Gasteiger partial charge in [0.2, 0.25) is 5.91 Å². The molecule has 0 bridgehead atoms. The van der Waals surface area contributed by atoms with Gasteiger partial charge in [0.15, 0.2) is 0 Å². The lowest BCUT2D eigenvalue weighted by Crippen LogP contribution is -2.46. The number of rotatable bonds is 7. The highest BCUT2D eigenvalue weighted by atomic mass is 32.2. The van der Waals surface area contributed by atoms with E-state index in [1.54, 1.807) is 61.5 Å². The minimum absolute atomic E-state index is 0.00564. The summed E-state index contributed by atoms with van der Waals surface area (Å²) in [7, 11) is -4.22. The molecule has 0 aromatic heterocycles. The molecule has 1 aliphatic rings. The first-order valence-corrected chi connectivity index (χ1v) is 12.0. The fourth-order valence-corrected chi connectivity index (χ4v) is 5.05. The molecule has 6 nitrogen and oxygen atoms in total. The van der Waals surface area contributed by atoms with Crippen molar-refractivity contribution >= 4 is 27.6 Å². The van der Waals surface area contributed by atoms with Crippen LogP contribution in [-0.2, 0) is 24.3 Å². The fourth-order valence-electron chi connectivity index (χ4n) is 3.57. The van der Waals surface area contributed by atoms with Gasteiger partial charge in [-0.1, -0.05) is 67.1 Å². The minimum atomic E-state index is -4.22. The number of amides is 1. The second-order valence-electron chi connectivity index (χ2n) is 7.48. The Morgan fingerprint density at radius 3 is 2.31 bits per heavy atom. The van der Waals surface area contributed by atoms with Crippen LogP contribution in [0.3, 0.4) is 0 Å². The van der Waals surface area contributed by atoms with E-state index in [9.17, 15) is 18.0 Å². The van der Waals surface area contributed by atoms with E-state index < -0.39 is 33.7 Å². The zero-order chi connectivity index (χ0) is 23.3. The van der Waals surface area contributed by atoms with Crippen LogP contribution >= 0.6 is 0 Å². The first kappa shape index (κ1) is 23.5. The van der Waals surface area contributed by atoms with Gasteiger partial charge in [-0.2, -0.15) is 0 Å². The van der Waals surface area contributed by atoms with Gasteiger partial charge < -0.3 is 4.74 Å². The van der Waals surface area contributed by atoms with E-state index in [0.29, 0.717) is 12.0 Å². The first-order valence-electron chi connectivity index (χ1n) is 10.6. The molecule has 32 heavy (non-hydrogen) atoms.